The van der Waals surface area contributed by atoms with E-state index in [0.717, 1.165) is 26.0 Å². The standard InChI is InChI=1S/C29H25IN2O5/c1-5-36-25-15-18(14-24(30)28(25)35-4)17-32-29-23(16-31)26(19-6-10-21(33-2)11-7-19)27(37-29)20-8-12-22(34-3)13-9-20/h6-15,17H,5H2,1-4H3. The number of nitrogens with zero attached hydrogens (tertiary/aromatic N) is 2. The molecule has 1 heterocycles. The molecule has 0 aliphatic rings. The molecular formula is C29H25IN2O5. The van der Waals surface area contributed by atoms with Crippen molar-refractivity contribution in [2.45, 2.75) is 6.92 Å². The summed E-state index contributed by atoms with van der Waals surface area (Å²) in [5, 5.41) is 10.2. The van der Waals surface area contributed by atoms with Gasteiger partial charge >= 0.3 is 0 Å². The van der Waals surface area contributed by atoms with Gasteiger partial charge in [0, 0.05) is 17.3 Å². The lowest BCUT2D eigenvalue weighted by Crippen LogP contribution is -1.98. The molecule has 37 heavy (non-hydrogen) atoms. The van der Waals surface area contributed by atoms with Crippen LogP contribution in [0.1, 0.15) is 18.1 Å². The van der Waals surface area contributed by atoms with Crippen molar-refractivity contribution in [3.05, 3.63) is 75.4 Å². The topological polar surface area (TPSA) is 86.2 Å². The summed E-state index contributed by atoms with van der Waals surface area (Å²) in [5.74, 6) is 3.47. The number of furan rings is 1. The minimum atomic E-state index is 0.211. The Kier molecular flexibility index (Phi) is 8.36. The van der Waals surface area contributed by atoms with Crippen molar-refractivity contribution in [3.8, 4) is 51.5 Å². The lowest BCUT2D eigenvalue weighted by Gasteiger charge is -2.11. The first kappa shape index (κ1) is 26.1. The zero-order valence-electron chi connectivity index (χ0n) is 20.9. The molecule has 0 radical (unpaired) electrons. The highest BCUT2D eigenvalue weighted by molar-refractivity contribution is 14.1. The molecule has 4 aromatic rings. The highest BCUT2D eigenvalue weighted by atomic mass is 127. The second-order valence-electron chi connectivity index (χ2n) is 7.78. The van der Waals surface area contributed by atoms with Crippen LogP contribution in [-0.4, -0.2) is 34.2 Å². The molecule has 188 valence electrons. The van der Waals surface area contributed by atoms with Gasteiger partial charge in [0.1, 0.15) is 28.9 Å². The molecule has 0 N–H and O–H groups in total. The number of hydrogen-bond acceptors (Lipinski definition) is 7. The van der Waals surface area contributed by atoms with E-state index in [9.17, 15) is 5.26 Å². The summed E-state index contributed by atoms with van der Waals surface area (Å²) < 4.78 is 28.9. The third-order valence-corrected chi connectivity index (χ3v) is 6.40. The third-order valence-electron chi connectivity index (χ3n) is 5.60. The Hall–Kier alpha value is -3.97. The highest BCUT2D eigenvalue weighted by Crippen LogP contribution is 2.43. The number of rotatable bonds is 9. The number of hydrogen-bond donors (Lipinski definition) is 0. The van der Waals surface area contributed by atoms with E-state index in [1.165, 1.54) is 0 Å². The first-order valence-electron chi connectivity index (χ1n) is 11.4. The van der Waals surface area contributed by atoms with Crippen LogP contribution in [0.15, 0.2) is 70.1 Å². The maximum atomic E-state index is 10.2. The highest BCUT2D eigenvalue weighted by Gasteiger charge is 2.23. The summed E-state index contributed by atoms with van der Waals surface area (Å²) in [7, 11) is 4.83. The van der Waals surface area contributed by atoms with Crippen LogP contribution in [0.4, 0.5) is 5.88 Å². The first-order chi connectivity index (χ1) is 18.0. The number of methoxy groups -OCH3 is 3. The van der Waals surface area contributed by atoms with Crippen molar-refractivity contribution < 1.29 is 23.4 Å². The van der Waals surface area contributed by atoms with E-state index in [2.05, 4.69) is 33.7 Å². The predicted octanol–water partition coefficient (Wildman–Crippen LogP) is 7.26. The van der Waals surface area contributed by atoms with E-state index >= 15 is 0 Å². The molecule has 0 atom stereocenters. The molecule has 0 saturated carbocycles. The molecule has 4 rings (SSSR count). The Morgan fingerprint density at radius 3 is 2.08 bits per heavy atom. The molecule has 8 heteroatoms. The van der Waals surface area contributed by atoms with Gasteiger partial charge in [0.05, 0.1) is 31.5 Å². The minimum absolute atomic E-state index is 0.211. The van der Waals surface area contributed by atoms with Crippen molar-refractivity contribution >= 4 is 34.7 Å². The molecule has 0 aliphatic carbocycles. The van der Waals surface area contributed by atoms with Crippen LogP contribution in [-0.2, 0) is 0 Å². The largest absolute Gasteiger partial charge is 0.497 e. The van der Waals surface area contributed by atoms with Crippen molar-refractivity contribution in [1.82, 2.24) is 0 Å². The Labute approximate surface area is 229 Å². The van der Waals surface area contributed by atoms with Gasteiger partial charge in [-0.05, 0) is 89.2 Å². The molecule has 0 aliphatic heterocycles. The fourth-order valence-electron chi connectivity index (χ4n) is 3.85. The average Bonchev–Trinajstić information content (AvgIpc) is 3.30. The molecule has 7 nitrogen and oxygen atoms in total. The van der Waals surface area contributed by atoms with Crippen molar-refractivity contribution in [3.63, 3.8) is 0 Å². The first-order valence-corrected chi connectivity index (χ1v) is 12.5. The van der Waals surface area contributed by atoms with Crippen LogP contribution in [0.25, 0.3) is 22.5 Å². The van der Waals surface area contributed by atoms with E-state index in [1.54, 1.807) is 27.5 Å². The second-order valence-corrected chi connectivity index (χ2v) is 8.94. The van der Waals surface area contributed by atoms with Crippen LogP contribution < -0.4 is 18.9 Å². The van der Waals surface area contributed by atoms with E-state index in [4.69, 9.17) is 23.4 Å². The maximum Gasteiger partial charge on any atom is 0.238 e. The van der Waals surface area contributed by atoms with Crippen molar-refractivity contribution in [2.24, 2.45) is 4.99 Å². The minimum Gasteiger partial charge on any atom is -0.497 e. The Morgan fingerprint density at radius 1 is 0.919 bits per heavy atom. The Balaban J connectivity index is 1.84. The van der Waals surface area contributed by atoms with Crippen molar-refractivity contribution in [1.29, 1.82) is 5.26 Å². The van der Waals surface area contributed by atoms with Gasteiger partial charge in [-0.25, -0.2) is 4.99 Å². The molecule has 0 fully saturated rings. The van der Waals surface area contributed by atoms with Crippen LogP contribution >= 0.6 is 22.6 Å². The Morgan fingerprint density at radius 2 is 1.54 bits per heavy atom. The van der Waals surface area contributed by atoms with E-state index < -0.39 is 0 Å². The van der Waals surface area contributed by atoms with Gasteiger partial charge in [-0.1, -0.05) is 12.1 Å². The van der Waals surface area contributed by atoms with Crippen molar-refractivity contribution in [2.75, 3.05) is 27.9 Å². The van der Waals surface area contributed by atoms with Gasteiger partial charge in [-0.15, -0.1) is 0 Å². The molecule has 0 saturated heterocycles. The number of aliphatic imine (C=N–C) groups is 1. The van der Waals surface area contributed by atoms with Crippen LogP contribution in [0, 0.1) is 14.9 Å². The van der Waals surface area contributed by atoms with E-state index in [1.807, 2.05) is 67.6 Å². The zero-order valence-corrected chi connectivity index (χ0v) is 23.0. The SMILES string of the molecule is CCOc1cc(C=Nc2oc(-c3ccc(OC)cc3)c(-c3ccc(OC)cc3)c2C#N)cc(I)c1OC. The number of halogens is 1. The normalized spacial score (nSPS) is 10.8. The van der Waals surface area contributed by atoms with Gasteiger partial charge in [0.25, 0.3) is 0 Å². The molecule has 0 amide bonds. The lowest BCUT2D eigenvalue weighted by molar-refractivity contribution is 0.309. The fourth-order valence-corrected chi connectivity index (χ4v) is 4.69. The van der Waals surface area contributed by atoms with Crippen LogP contribution in [0.3, 0.4) is 0 Å². The van der Waals surface area contributed by atoms with Crippen LogP contribution in [0.2, 0.25) is 0 Å². The predicted molar refractivity (Wildman–Crippen MR) is 152 cm³/mol. The average molecular weight is 608 g/mol. The summed E-state index contributed by atoms with van der Waals surface area (Å²) >= 11 is 2.19. The second kappa shape index (κ2) is 11.8. The van der Waals surface area contributed by atoms with E-state index in [0.29, 0.717) is 40.7 Å². The quantitative estimate of drug-likeness (QED) is 0.147. The van der Waals surface area contributed by atoms with Gasteiger partial charge in [-0.3, -0.25) is 0 Å². The Bertz CT molecular complexity index is 1450. The third kappa shape index (κ3) is 5.57. The zero-order chi connectivity index (χ0) is 26.4. The summed E-state index contributed by atoms with van der Waals surface area (Å²) in [4.78, 5) is 4.58. The monoisotopic (exact) mass is 608 g/mol. The summed E-state index contributed by atoms with van der Waals surface area (Å²) in [6.07, 6.45) is 1.65. The van der Waals surface area contributed by atoms with E-state index in [-0.39, 0.29) is 5.88 Å². The lowest BCUT2D eigenvalue weighted by atomic mass is 9.98. The molecular weight excluding hydrogens is 583 g/mol. The van der Waals surface area contributed by atoms with Gasteiger partial charge in [-0.2, -0.15) is 5.26 Å². The molecule has 1 aromatic heterocycles. The summed E-state index contributed by atoms with van der Waals surface area (Å²) in [6.45, 7) is 2.41. The van der Waals surface area contributed by atoms with Crippen LogP contribution in [0.5, 0.6) is 23.0 Å². The number of nitriles is 1. The summed E-state index contributed by atoms with van der Waals surface area (Å²) in [5.41, 5.74) is 3.38. The molecule has 0 bridgehead atoms. The number of benzene rings is 3. The smallest absolute Gasteiger partial charge is 0.238 e. The fraction of sp³-hybridized carbons (Fsp3) is 0.172. The molecule has 0 unspecified atom stereocenters. The van der Waals surface area contributed by atoms with Gasteiger partial charge < -0.3 is 23.4 Å². The maximum absolute atomic E-state index is 10.2. The molecule has 0 spiro atoms. The van der Waals surface area contributed by atoms with Gasteiger partial charge in [0.2, 0.25) is 5.88 Å². The number of ether oxygens (including phenoxy) is 4. The summed E-state index contributed by atoms with van der Waals surface area (Å²) in [6, 6.07) is 21.0. The molecule has 3 aromatic carbocycles. The van der Waals surface area contributed by atoms with Gasteiger partial charge in [0.15, 0.2) is 11.5 Å².